The van der Waals surface area contributed by atoms with Crippen LogP contribution in [0.3, 0.4) is 0 Å². The number of carbonyl (C=O) groups is 2. The van der Waals surface area contributed by atoms with Crippen LogP contribution in [0.25, 0.3) is 0 Å². The van der Waals surface area contributed by atoms with Crippen LogP contribution in [0, 0.1) is 0 Å². The molecular formula is C49H80O12S. The first-order valence-corrected chi connectivity index (χ1v) is 24.7. The van der Waals surface area contributed by atoms with Gasteiger partial charge in [-0.1, -0.05) is 157 Å². The van der Waals surface area contributed by atoms with E-state index in [1.54, 1.807) is 0 Å². The zero-order valence-electron chi connectivity index (χ0n) is 37.5. The number of ether oxygens (including phenoxy) is 4. The fourth-order valence-electron chi connectivity index (χ4n) is 6.56. The first kappa shape index (κ1) is 56.8. The van der Waals surface area contributed by atoms with Gasteiger partial charge in [-0.25, -0.2) is 0 Å². The van der Waals surface area contributed by atoms with Gasteiger partial charge in [-0.3, -0.25) is 14.1 Å². The molecule has 1 aliphatic rings. The number of aliphatic hydroxyl groups is 3. The van der Waals surface area contributed by atoms with E-state index in [2.05, 4.69) is 74.3 Å². The van der Waals surface area contributed by atoms with Gasteiger partial charge in [0.15, 0.2) is 12.4 Å². The molecule has 0 bridgehead atoms. The van der Waals surface area contributed by atoms with Crippen molar-refractivity contribution in [3.05, 3.63) is 85.6 Å². The summed E-state index contributed by atoms with van der Waals surface area (Å²) in [6.07, 6.45) is 39.6. The van der Waals surface area contributed by atoms with Crippen LogP contribution in [0.5, 0.6) is 0 Å². The molecule has 0 radical (unpaired) electrons. The molecule has 62 heavy (non-hydrogen) atoms. The van der Waals surface area contributed by atoms with E-state index in [0.29, 0.717) is 12.8 Å². The number of hydrogen-bond acceptors (Lipinski definition) is 11. The van der Waals surface area contributed by atoms with E-state index >= 15 is 0 Å². The van der Waals surface area contributed by atoms with E-state index in [4.69, 9.17) is 18.9 Å². The molecule has 12 nitrogen and oxygen atoms in total. The monoisotopic (exact) mass is 893 g/mol. The number of allylic oxidation sites excluding steroid dienone is 13. The van der Waals surface area contributed by atoms with E-state index in [-0.39, 0.29) is 19.4 Å². The third kappa shape index (κ3) is 32.5. The number of carbonyl (C=O) groups excluding carboxylic acids is 2. The van der Waals surface area contributed by atoms with Gasteiger partial charge < -0.3 is 34.3 Å². The fraction of sp³-hybridized carbons (Fsp3) is 0.673. The highest BCUT2D eigenvalue weighted by Crippen LogP contribution is 2.24. The van der Waals surface area contributed by atoms with Crippen molar-refractivity contribution in [2.45, 2.75) is 191 Å². The standard InChI is InChI=1S/C49H80O12S/c1-3-5-7-9-11-13-15-17-19-20-21-22-24-25-27-29-31-33-35-37-44(50)58-39-42(40-59-49-48(54)47(53)46(52)43(61-49)41-62(55,56)57)60-45(51)38-36-34-32-30-28-26-23-18-16-14-12-10-8-6-4-2/h4-5,7,11,13,17,19,21-22,25,27,31,33,42-43,46-49,52-54H,2-3,6,8-10,12,14-16,18,20,23-24,26,28-30,32,34-41H2,1H3,(H,55,56,57)/b7-5+,13-11+,19-17+,22-21+,27-25+,33-31+/t42-,43-,46-,47?,48?,49+/m1/s1. The van der Waals surface area contributed by atoms with Crippen LogP contribution in [-0.2, 0) is 38.7 Å². The van der Waals surface area contributed by atoms with Crippen molar-refractivity contribution in [3.63, 3.8) is 0 Å². The molecule has 2 unspecified atom stereocenters. The maximum atomic E-state index is 12.8. The molecule has 1 rings (SSSR count). The van der Waals surface area contributed by atoms with Crippen LogP contribution < -0.4 is 0 Å². The number of aliphatic hydroxyl groups excluding tert-OH is 3. The van der Waals surface area contributed by atoms with Crippen molar-refractivity contribution in [1.82, 2.24) is 0 Å². The summed E-state index contributed by atoms with van der Waals surface area (Å²) in [6.45, 7) is 5.10. The van der Waals surface area contributed by atoms with Crippen molar-refractivity contribution < 1.29 is 56.8 Å². The minimum atomic E-state index is -4.62. The molecule has 4 N–H and O–H groups in total. The molecule has 1 heterocycles. The van der Waals surface area contributed by atoms with Crippen molar-refractivity contribution in [3.8, 4) is 0 Å². The average Bonchev–Trinajstić information content (AvgIpc) is 3.24. The lowest BCUT2D eigenvalue weighted by atomic mass is 10.00. The second-order valence-corrected chi connectivity index (χ2v) is 17.3. The summed E-state index contributed by atoms with van der Waals surface area (Å²) in [5.41, 5.74) is 0. The first-order valence-electron chi connectivity index (χ1n) is 23.1. The molecule has 0 amide bonds. The van der Waals surface area contributed by atoms with Gasteiger partial charge in [-0.05, 0) is 64.2 Å². The predicted octanol–water partition coefficient (Wildman–Crippen LogP) is 9.67. The molecule has 1 fully saturated rings. The van der Waals surface area contributed by atoms with Gasteiger partial charge in [0, 0.05) is 12.8 Å². The van der Waals surface area contributed by atoms with Crippen LogP contribution in [0.2, 0.25) is 0 Å². The van der Waals surface area contributed by atoms with Crippen molar-refractivity contribution in [2.75, 3.05) is 19.0 Å². The van der Waals surface area contributed by atoms with Crippen molar-refractivity contribution in [1.29, 1.82) is 0 Å². The summed E-state index contributed by atoms with van der Waals surface area (Å²) in [5.74, 6) is -2.10. The van der Waals surface area contributed by atoms with Gasteiger partial charge in [0.05, 0.1) is 6.61 Å². The molecule has 0 aliphatic carbocycles. The Morgan fingerprint density at radius 3 is 1.55 bits per heavy atom. The number of unbranched alkanes of at least 4 members (excludes halogenated alkanes) is 13. The van der Waals surface area contributed by atoms with E-state index < -0.39 is 71.2 Å². The lowest BCUT2D eigenvalue weighted by Gasteiger charge is -2.40. The zero-order valence-corrected chi connectivity index (χ0v) is 38.3. The number of rotatable bonds is 38. The van der Waals surface area contributed by atoms with Gasteiger partial charge in [0.25, 0.3) is 10.1 Å². The Morgan fingerprint density at radius 1 is 0.597 bits per heavy atom. The van der Waals surface area contributed by atoms with E-state index in [9.17, 15) is 37.9 Å². The Morgan fingerprint density at radius 2 is 1.06 bits per heavy atom. The highest BCUT2D eigenvalue weighted by molar-refractivity contribution is 7.85. The highest BCUT2D eigenvalue weighted by atomic mass is 32.2. The Kier molecular flexibility index (Phi) is 35.1. The lowest BCUT2D eigenvalue weighted by Crippen LogP contribution is -2.60. The van der Waals surface area contributed by atoms with E-state index in [1.165, 1.54) is 57.8 Å². The summed E-state index contributed by atoms with van der Waals surface area (Å²) in [5, 5.41) is 30.9. The Labute approximate surface area is 373 Å². The third-order valence-electron chi connectivity index (χ3n) is 10.1. The summed E-state index contributed by atoms with van der Waals surface area (Å²) in [6, 6.07) is 0. The maximum absolute atomic E-state index is 12.8. The number of esters is 2. The smallest absolute Gasteiger partial charge is 0.306 e. The summed E-state index contributed by atoms with van der Waals surface area (Å²) >= 11 is 0. The molecule has 0 saturated carbocycles. The van der Waals surface area contributed by atoms with Crippen LogP contribution in [-0.4, -0.2) is 96.0 Å². The first-order chi connectivity index (χ1) is 30.0. The Hall–Kier alpha value is -3.17. The van der Waals surface area contributed by atoms with Gasteiger partial charge in [0.2, 0.25) is 0 Å². The van der Waals surface area contributed by atoms with Gasteiger partial charge in [-0.15, -0.1) is 6.58 Å². The van der Waals surface area contributed by atoms with E-state index in [0.717, 1.165) is 64.2 Å². The Bertz CT molecular complexity index is 1450. The van der Waals surface area contributed by atoms with Gasteiger partial charge >= 0.3 is 11.9 Å². The molecule has 6 atom stereocenters. The largest absolute Gasteiger partial charge is 0.462 e. The topological polar surface area (TPSA) is 186 Å². The van der Waals surface area contributed by atoms with E-state index in [1.807, 2.05) is 18.2 Å². The predicted molar refractivity (Wildman–Crippen MR) is 247 cm³/mol. The quantitative estimate of drug-likeness (QED) is 0.0199. The summed E-state index contributed by atoms with van der Waals surface area (Å²) in [4.78, 5) is 25.4. The molecule has 0 aromatic rings. The molecule has 0 aromatic carbocycles. The minimum absolute atomic E-state index is 0.0892. The highest BCUT2D eigenvalue weighted by Gasteiger charge is 2.46. The Balaban J connectivity index is 2.48. The molecular weight excluding hydrogens is 813 g/mol. The van der Waals surface area contributed by atoms with Crippen molar-refractivity contribution in [2.24, 2.45) is 0 Å². The fourth-order valence-corrected chi connectivity index (χ4v) is 7.25. The molecule has 0 aromatic heterocycles. The molecule has 354 valence electrons. The lowest BCUT2D eigenvalue weighted by molar-refractivity contribution is -0.297. The van der Waals surface area contributed by atoms with Crippen LogP contribution >= 0.6 is 0 Å². The van der Waals surface area contributed by atoms with Crippen LogP contribution in [0.1, 0.15) is 155 Å². The van der Waals surface area contributed by atoms with Crippen molar-refractivity contribution >= 4 is 22.1 Å². The third-order valence-corrected chi connectivity index (χ3v) is 10.9. The average molecular weight is 893 g/mol. The normalized spacial score (nSPS) is 20.4. The maximum Gasteiger partial charge on any atom is 0.306 e. The van der Waals surface area contributed by atoms with Gasteiger partial charge in [-0.2, -0.15) is 8.42 Å². The zero-order chi connectivity index (χ0) is 45.5. The molecule has 1 saturated heterocycles. The van der Waals surface area contributed by atoms with Crippen LogP contribution in [0.4, 0.5) is 0 Å². The van der Waals surface area contributed by atoms with Gasteiger partial charge in [0.1, 0.15) is 36.8 Å². The molecule has 13 heteroatoms. The number of hydrogen-bond donors (Lipinski definition) is 4. The summed E-state index contributed by atoms with van der Waals surface area (Å²) in [7, 11) is -4.62. The SMILES string of the molecule is C=CCCCCCCCCCCCCCCCC(=O)O[C@H](COC(=O)CC/C=C/C/C=C/C/C=C/C/C=C/C/C=C/C/C=C/CC)CO[C@H]1O[C@H](CS(=O)(=O)O)[C@@H](O)C(O)C1O. The second kappa shape index (κ2) is 38.3. The molecule has 0 spiro atoms. The second-order valence-electron chi connectivity index (χ2n) is 15.8. The minimum Gasteiger partial charge on any atom is -0.462 e. The molecule has 1 aliphatic heterocycles. The van der Waals surface area contributed by atoms with Crippen LogP contribution in [0.15, 0.2) is 85.6 Å². The summed E-state index contributed by atoms with van der Waals surface area (Å²) < 4.78 is 54.0.